The molecule has 28 heavy (non-hydrogen) atoms. The highest BCUT2D eigenvalue weighted by molar-refractivity contribution is 7.90. The van der Waals surface area contributed by atoms with Crippen LogP contribution in [0.2, 0.25) is 0 Å². The molecule has 152 valence electrons. The number of carbonyl (C=O) groups excluding carboxylic acids is 1. The zero-order valence-corrected chi connectivity index (χ0v) is 17.5. The molecule has 1 aliphatic rings. The fourth-order valence-corrected chi connectivity index (χ4v) is 3.77. The fourth-order valence-electron chi connectivity index (χ4n) is 2.98. The zero-order valence-electron chi connectivity index (χ0n) is 16.7. The molecule has 0 bridgehead atoms. The molecule has 1 aromatic rings. The van der Waals surface area contributed by atoms with Crippen LogP contribution in [0.3, 0.4) is 0 Å². The Bertz CT molecular complexity index is 868. The molecular weight excluding hydrogens is 372 g/mol. The molecule has 0 heterocycles. The van der Waals surface area contributed by atoms with E-state index in [0.717, 1.165) is 25.9 Å². The molecule has 2 N–H and O–H groups in total. The van der Waals surface area contributed by atoms with Crippen molar-refractivity contribution in [3.05, 3.63) is 70.8 Å². The minimum absolute atomic E-state index is 0.0583. The first-order valence-corrected chi connectivity index (χ1v) is 11.7. The van der Waals surface area contributed by atoms with Gasteiger partial charge in [-0.25, -0.2) is 8.42 Å². The lowest BCUT2D eigenvalue weighted by molar-refractivity contribution is -0.117. The highest BCUT2D eigenvalue weighted by Crippen LogP contribution is 2.13. The molecule has 5 nitrogen and oxygen atoms in total. The summed E-state index contributed by atoms with van der Waals surface area (Å²) in [5.74, 6) is -0.220. The van der Waals surface area contributed by atoms with E-state index in [-0.39, 0.29) is 11.7 Å². The van der Waals surface area contributed by atoms with E-state index < -0.39 is 9.84 Å². The number of sulfone groups is 1. The third-order valence-electron chi connectivity index (χ3n) is 4.38. The molecule has 0 radical (unpaired) electrons. The lowest BCUT2D eigenvalue weighted by Crippen LogP contribution is -2.28. The summed E-state index contributed by atoms with van der Waals surface area (Å²) in [6, 6.07) is 8.53. The van der Waals surface area contributed by atoms with Gasteiger partial charge >= 0.3 is 0 Å². The van der Waals surface area contributed by atoms with Crippen LogP contribution in [0.5, 0.6) is 0 Å². The summed E-state index contributed by atoms with van der Waals surface area (Å²) in [7, 11) is -3.13. The molecule has 1 amide bonds. The molecule has 0 saturated carbocycles. The first kappa shape index (κ1) is 22.1. The van der Waals surface area contributed by atoms with Gasteiger partial charge in [0, 0.05) is 24.9 Å². The van der Waals surface area contributed by atoms with E-state index >= 15 is 0 Å². The van der Waals surface area contributed by atoms with E-state index in [4.69, 9.17) is 0 Å². The van der Waals surface area contributed by atoms with E-state index in [1.807, 2.05) is 12.2 Å². The van der Waals surface area contributed by atoms with E-state index in [1.165, 1.54) is 17.4 Å². The summed E-state index contributed by atoms with van der Waals surface area (Å²) >= 11 is 0. The number of aryl methyl sites for hydroxylation is 1. The Morgan fingerprint density at radius 1 is 1.18 bits per heavy atom. The van der Waals surface area contributed by atoms with Crippen LogP contribution in [0, 0.1) is 0 Å². The van der Waals surface area contributed by atoms with Gasteiger partial charge in [-0.2, -0.15) is 0 Å². The average Bonchev–Trinajstić information content (AvgIpc) is 2.88. The molecule has 1 aromatic carbocycles. The number of carbonyl (C=O) groups is 1. The average molecular weight is 403 g/mol. The summed E-state index contributed by atoms with van der Waals surface area (Å²) in [6.07, 6.45) is 10.8. The van der Waals surface area contributed by atoms with E-state index in [0.29, 0.717) is 24.1 Å². The van der Waals surface area contributed by atoms with E-state index in [9.17, 15) is 13.2 Å². The van der Waals surface area contributed by atoms with Crippen molar-refractivity contribution < 1.29 is 13.2 Å². The lowest BCUT2D eigenvalue weighted by Gasteiger charge is -2.08. The Morgan fingerprint density at radius 3 is 2.71 bits per heavy atom. The van der Waals surface area contributed by atoms with Crippen LogP contribution in [0.15, 0.2) is 59.7 Å². The van der Waals surface area contributed by atoms with Crippen LogP contribution in [0.1, 0.15) is 30.9 Å². The number of allylic oxidation sites excluding steroid dienone is 3. The van der Waals surface area contributed by atoms with Gasteiger partial charge in [-0.1, -0.05) is 49.4 Å². The predicted molar refractivity (Wildman–Crippen MR) is 115 cm³/mol. The Morgan fingerprint density at radius 2 is 1.96 bits per heavy atom. The summed E-state index contributed by atoms with van der Waals surface area (Å²) in [4.78, 5) is 12.4. The predicted octanol–water partition coefficient (Wildman–Crippen LogP) is 2.70. The van der Waals surface area contributed by atoms with Crippen molar-refractivity contribution in [1.82, 2.24) is 10.6 Å². The summed E-state index contributed by atoms with van der Waals surface area (Å²) in [5, 5.41) is 6.31. The molecule has 1 aliphatic carbocycles. The van der Waals surface area contributed by atoms with Crippen LogP contribution in [-0.4, -0.2) is 39.4 Å². The van der Waals surface area contributed by atoms with Gasteiger partial charge in [0.05, 0.1) is 5.75 Å². The first-order chi connectivity index (χ1) is 13.4. The second-order valence-corrected chi connectivity index (χ2v) is 9.19. The molecular formula is C22H30N2O3S. The summed E-state index contributed by atoms with van der Waals surface area (Å²) < 4.78 is 23.0. The maximum atomic E-state index is 12.4. The number of hydrogen-bond donors (Lipinski definition) is 2. The smallest absolute Gasteiger partial charge is 0.250 e. The van der Waals surface area contributed by atoms with Crippen LogP contribution in [-0.2, 0) is 27.6 Å². The number of hydrogen-bond acceptors (Lipinski definition) is 4. The highest BCUT2D eigenvalue weighted by Gasteiger charge is 2.12. The molecule has 0 unspecified atom stereocenters. The van der Waals surface area contributed by atoms with Gasteiger partial charge in [0.15, 0.2) is 9.84 Å². The molecule has 0 atom stereocenters. The second kappa shape index (κ2) is 11.0. The maximum absolute atomic E-state index is 12.4. The van der Waals surface area contributed by atoms with Crippen LogP contribution in [0.4, 0.5) is 0 Å². The lowest BCUT2D eigenvalue weighted by atomic mass is 10.1. The van der Waals surface area contributed by atoms with Crippen molar-refractivity contribution in [2.75, 3.05) is 25.1 Å². The van der Waals surface area contributed by atoms with Crippen molar-refractivity contribution in [1.29, 1.82) is 0 Å². The largest absolute Gasteiger partial charge is 0.352 e. The van der Waals surface area contributed by atoms with Gasteiger partial charge in [-0.3, -0.25) is 4.79 Å². The minimum Gasteiger partial charge on any atom is -0.352 e. The standard InChI is InChI=1S/C22H30N2O3S/c1-3-18-9-6-10-19(14-18)16-23-12-7-13-24-22(25)21-11-5-4-8-20(15-21)17-28(2,26)27/h4,6,8-11,14-15,23H,3,5,7,12-13,16-17H2,1-2H3,(H,24,25). The maximum Gasteiger partial charge on any atom is 0.250 e. The second-order valence-electron chi connectivity index (χ2n) is 7.05. The van der Waals surface area contributed by atoms with Crippen LogP contribution in [0.25, 0.3) is 0 Å². The minimum atomic E-state index is -3.13. The van der Waals surface area contributed by atoms with Gasteiger partial charge in [-0.05, 0) is 48.6 Å². The first-order valence-electron chi connectivity index (χ1n) is 9.69. The quantitative estimate of drug-likeness (QED) is 0.590. The molecule has 6 heteroatoms. The monoisotopic (exact) mass is 402 g/mol. The summed E-state index contributed by atoms with van der Waals surface area (Å²) in [5.41, 5.74) is 3.76. The van der Waals surface area contributed by atoms with Gasteiger partial charge in [0.2, 0.25) is 0 Å². The van der Waals surface area contributed by atoms with Crippen molar-refractivity contribution in [3.8, 4) is 0 Å². The molecule has 2 rings (SSSR count). The molecule has 0 spiro atoms. The Hall–Kier alpha value is -2.18. The van der Waals surface area contributed by atoms with Crippen LogP contribution >= 0.6 is 0 Å². The fraction of sp³-hybridized carbons (Fsp3) is 0.409. The number of amides is 1. The van der Waals surface area contributed by atoms with Crippen molar-refractivity contribution in [2.45, 2.75) is 32.7 Å². The normalized spacial score (nSPS) is 14.2. The topological polar surface area (TPSA) is 75.3 Å². The van der Waals surface area contributed by atoms with Crippen molar-refractivity contribution >= 4 is 15.7 Å². The molecule has 0 fully saturated rings. The molecule has 0 aromatic heterocycles. The highest BCUT2D eigenvalue weighted by atomic mass is 32.2. The Kier molecular flexibility index (Phi) is 8.67. The SMILES string of the molecule is CCc1cccc(CNCCCNC(=O)C2=CCC=CC(CS(C)(=O)=O)=C2)c1. The number of rotatable bonds is 10. The third kappa shape index (κ3) is 8.23. The van der Waals surface area contributed by atoms with Gasteiger partial charge in [0.25, 0.3) is 5.91 Å². The number of nitrogens with one attached hydrogen (secondary N) is 2. The van der Waals surface area contributed by atoms with Crippen molar-refractivity contribution in [3.63, 3.8) is 0 Å². The van der Waals surface area contributed by atoms with Crippen LogP contribution < -0.4 is 10.6 Å². The number of benzene rings is 1. The summed E-state index contributed by atoms with van der Waals surface area (Å²) in [6.45, 7) is 4.35. The molecule has 0 saturated heterocycles. The van der Waals surface area contributed by atoms with Gasteiger partial charge in [0.1, 0.15) is 0 Å². The zero-order chi connectivity index (χ0) is 20.4. The molecule has 0 aliphatic heterocycles. The Balaban J connectivity index is 1.73. The third-order valence-corrected chi connectivity index (χ3v) is 5.24. The van der Waals surface area contributed by atoms with Gasteiger partial charge < -0.3 is 10.6 Å². The van der Waals surface area contributed by atoms with Crippen molar-refractivity contribution in [2.24, 2.45) is 0 Å². The van der Waals surface area contributed by atoms with E-state index in [2.05, 4.69) is 41.8 Å². The van der Waals surface area contributed by atoms with Gasteiger partial charge in [-0.15, -0.1) is 0 Å². The Labute approximate surface area is 168 Å². The van der Waals surface area contributed by atoms with E-state index in [1.54, 1.807) is 12.2 Å².